The maximum atomic E-state index is 13.6. The lowest BCUT2D eigenvalue weighted by Gasteiger charge is -1.96. The quantitative estimate of drug-likeness (QED) is 0.691. The number of aromatic nitrogens is 3. The average molecular weight is 254 g/mol. The van der Waals surface area contributed by atoms with E-state index < -0.39 is 5.82 Å². The molecule has 0 spiro atoms. The zero-order chi connectivity index (χ0) is 13.2. The second-order valence-corrected chi connectivity index (χ2v) is 4.16. The van der Waals surface area contributed by atoms with Crippen molar-refractivity contribution in [2.24, 2.45) is 0 Å². The third-order valence-corrected chi connectivity index (χ3v) is 2.79. The Morgan fingerprint density at radius 3 is 2.95 bits per heavy atom. The summed E-state index contributed by atoms with van der Waals surface area (Å²) >= 11 is 0. The van der Waals surface area contributed by atoms with Gasteiger partial charge in [-0.2, -0.15) is 5.10 Å². The number of aromatic amines is 1. The molecule has 1 aromatic carbocycles. The Labute approximate surface area is 108 Å². The van der Waals surface area contributed by atoms with Gasteiger partial charge in [0.05, 0.1) is 5.69 Å². The number of hydrogen-bond donors (Lipinski definition) is 2. The number of pyridine rings is 1. The van der Waals surface area contributed by atoms with E-state index in [2.05, 4.69) is 15.2 Å². The molecule has 0 radical (unpaired) electrons. The van der Waals surface area contributed by atoms with E-state index in [0.29, 0.717) is 22.3 Å². The first-order chi connectivity index (χ1) is 9.24. The minimum absolute atomic E-state index is 0.292. The van der Waals surface area contributed by atoms with E-state index in [0.717, 1.165) is 5.56 Å². The summed E-state index contributed by atoms with van der Waals surface area (Å²) < 4.78 is 13.6. The molecule has 0 atom stereocenters. The van der Waals surface area contributed by atoms with Gasteiger partial charge in [0.25, 0.3) is 0 Å². The number of hydrogen-bond acceptors (Lipinski definition) is 3. The molecule has 0 amide bonds. The Hall–Kier alpha value is -2.69. The lowest BCUT2D eigenvalue weighted by Crippen LogP contribution is -1.87. The van der Waals surface area contributed by atoms with Crippen molar-refractivity contribution in [2.75, 3.05) is 5.73 Å². The number of anilines is 1. The van der Waals surface area contributed by atoms with Crippen LogP contribution >= 0.6 is 0 Å². The molecule has 0 saturated carbocycles. The third kappa shape index (κ3) is 2.18. The molecule has 0 saturated heterocycles. The highest BCUT2D eigenvalue weighted by Gasteiger charge is 2.08. The van der Waals surface area contributed by atoms with Gasteiger partial charge in [0.1, 0.15) is 5.52 Å². The van der Waals surface area contributed by atoms with Crippen LogP contribution in [-0.2, 0) is 0 Å². The van der Waals surface area contributed by atoms with Gasteiger partial charge in [0.2, 0.25) is 0 Å². The molecule has 5 heteroatoms. The fraction of sp³-hybridized carbons (Fsp3) is 0. The fourth-order valence-corrected chi connectivity index (χ4v) is 1.90. The first kappa shape index (κ1) is 11.4. The lowest BCUT2D eigenvalue weighted by atomic mass is 10.1. The van der Waals surface area contributed by atoms with E-state index in [1.807, 2.05) is 24.3 Å². The van der Waals surface area contributed by atoms with Crippen molar-refractivity contribution in [2.45, 2.75) is 0 Å². The largest absolute Gasteiger partial charge is 0.399 e. The molecule has 94 valence electrons. The molecule has 4 nitrogen and oxygen atoms in total. The molecule has 2 heterocycles. The Kier molecular flexibility index (Phi) is 2.72. The van der Waals surface area contributed by atoms with Gasteiger partial charge in [-0.15, -0.1) is 0 Å². The molecule has 0 unspecified atom stereocenters. The summed E-state index contributed by atoms with van der Waals surface area (Å²) in [7, 11) is 0. The molecule has 3 aromatic rings. The molecule has 3 N–H and O–H groups in total. The van der Waals surface area contributed by atoms with Crippen LogP contribution in [0.25, 0.3) is 23.1 Å². The van der Waals surface area contributed by atoms with Gasteiger partial charge in [-0.25, -0.2) is 4.39 Å². The van der Waals surface area contributed by atoms with E-state index in [-0.39, 0.29) is 0 Å². The Balaban J connectivity index is 2.04. The van der Waals surface area contributed by atoms with Crippen LogP contribution in [0.1, 0.15) is 11.3 Å². The maximum absolute atomic E-state index is 13.6. The first-order valence-corrected chi connectivity index (χ1v) is 5.75. The maximum Gasteiger partial charge on any atom is 0.153 e. The SMILES string of the molecule is Nc1cc(F)c2n[nH]c(/C=C/c3cccnc3)c2c1. The van der Waals surface area contributed by atoms with Gasteiger partial charge >= 0.3 is 0 Å². The summed E-state index contributed by atoms with van der Waals surface area (Å²) in [6, 6.07) is 6.74. The smallest absolute Gasteiger partial charge is 0.153 e. The number of nitrogens with two attached hydrogens (primary N) is 1. The van der Waals surface area contributed by atoms with Crippen LogP contribution in [0, 0.1) is 5.82 Å². The minimum atomic E-state index is -0.424. The van der Waals surface area contributed by atoms with E-state index >= 15 is 0 Å². The van der Waals surface area contributed by atoms with E-state index in [9.17, 15) is 4.39 Å². The lowest BCUT2D eigenvalue weighted by molar-refractivity contribution is 0.637. The normalized spacial score (nSPS) is 11.4. The van der Waals surface area contributed by atoms with Gasteiger partial charge in [0.15, 0.2) is 5.82 Å². The van der Waals surface area contributed by atoms with E-state index in [4.69, 9.17) is 5.73 Å². The van der Waals surface area contributed by atoms with Crippen molar-refractivity contribution >= 4 is 28.7 Å². The van der Waals surface area contributed by atoms with Crippen LogP contribution in [0.2, 0.25) is 0 Å². The summed E-state index contributed by atoms with van der Waals surface area (Å²) in [5, 5.41) is 7.41. The zero-order valence-corrected chi connectivity index (χ0v) is 9.97. The molecule has 2 aromatic heterocycles. The standard InChI is InChI=1S/C14H11FN4/c15-12-7-10(16)6-11-13(18-19-14(11)12)4-3-9-2-1-5-17-8-9/h1-8H,16H2,(H,18,19)/b4-3+. The van der Waals surface area contributed by atoms with Gasteiger partial charge in [-0.1, -0.05) is 12.1 Å². The summed E-state index contributed by atoms with van der Waals surface area (Å²) in [6.07, 6.45) is 7.15. The monoisotopic (exact) mass is 254 g/mol. The number of halogens is 1. The summed E-state index contributed by atoms with van der Waals surface area (Å²) in [5.41, 5.74) is 7.98. The summed E-state index contributed by atoms with van der Waals surface area (Å²) in [4.78, 5) is 4.02. The van der Waals surface area contributed by atoms with Gasteiger partial charge in [0, 0.05) is 23.5 Å². The zero-order valence-electron chi connectivity index (χ0n) is 9.97. The number of H-pyrrole nitrogens is 1. The predicted molar refractivity (Wildman–Crippen MR) is 73.6 cm³/mol. The molecule has 0 bridgehead atoms. The third-order valence-electron chi connectivity index (χ3n) is 2.79. The second kappa shape index (κ2) is 4.53. The second-order valence-electron chi connectivity index (χ2n) is 4.16. The molecule has 0 fully saturated rings. The van der Waals surface area contributed by atoms with Crippen LogP contribution < -0.4 is 5.73 Å². The summed E-state index contributed by atoms with van der Waals surface area (Å²) in [5.74, 6) is -0.424. The predicted octanol–water partition coefficient (Wildman–Crippen LogP) is 2.85. The number of nitrogens with one attached hydrogen (secondary N) is 1. The number of rotatable bonds is 2. The molecular weight excluding hydrogens is 243 g/mol. The molecule has 3 rings (SSSR count). The Bertz CT molecular complexity index is 747. The highest BCUT2D eigenvalue weighted by atomic mass is 19.1. The average Bonchev–Trinajstić information content (AvgIpc) is 2.81. The van der Waals surface area contributed by atoms with Crippen LogP contribution in [0.5, 0.6) is 0 Å². The first-order valence-electron chi connectivity index (χ1n) is 5.75. The number of nitrogens with zero attached hydrogens (tertiary/aromatic N) is 2. The van der Waals surface area contributed by atoms with Crippen LogP contribution in [0.3, 0.4) is 0 Å². The Morgan fingerprint density at radius 2 is 2.16 bits per heavy atom. The van der Waals surface area contributed by atoms with Gasteiger partial charge < -0.3 is 5.73 Å². The van der Waals surface area contributed by atoms with Crippen molar-refractivity contribution in [1.29, 1.82) is 0 Å². The van der Waals surface area contributed by atoms with Crippen LogP contribution in [-0.4, -0.2) is 15.2 Å². The van der Waals surface area contributed by atoms with Crippen molar-refractivity contribution in [3.63, 3.8) is 0 Å². The minimum Gasteiger partial charge on any atom is -0.399 e. The highest BCUT2D eigenvalue weighted by Crippen LogP contribution is 2.23. The van der Waals surface area contributed by atoms with Gasteiger partial charge in [-0.05, 0) is 29.8 Å². The number of nitrogen functional groups attached to an aromatic ring is 1. The molecule has 0 aliphatic heterocycles. The van der Waals surface area contributed by atoms with E-state index in [1.165, 1.54) is 6.07 Å². The number of benzene rings is 1. The van der Waals surface area contributed by atoms with Crippen molar-refractivity contribution in [1.82, 2.24) is 15.2 Å². The molecular formula is C14H11FN4. The highest BCUT2D eigenvalue weighted by molar-refractivity contribution is 5.91. The molecule has 0 aliphatic rings. The number of fused-ring (bicyclic) bond motifs is 1. The molecule has 19 heavy (non-hydrogen) atoms. The van der Waals surface area contributed by atoms with Crippen molar-refractivity contribution < 1.29 is 4.39 Å². The summed E-state index contributed by atoms with van der Waals surface area (Å²) in [6.45, 7) is 0. The van der Waals surface area contributed by atoms with Crippen molar-refractivity contribution in [3.8, 4) is 0 Å². The Morgan fingerprint density at radius 1 is 1.26 bits per heavy atom. The van der Waals surface area contributed by atoms with Gasteiger partial charge in [-0.3, -0.25) is 10.1 Å². The molecule has 0 aliphatic carbocycles. The van der Waals surface area contributed by atoms with Crippen molar-refractivity contribution in [3.05, 3.63) is 53.7 Å². The fourth-order valence-electron chi connectivity index (χ4n) is 1.90. The topological polar surface area (TPSA) is 67.6 Å². The van der Waals surface area contributed by atoms with E-state index in [1.54, 1.807) is 18.5 Å². The van der Waals surface area contributed by atoms with Crippen LogP contribution in [0.15, 0.2) is 36.7 Å². The van der Waals surface area contributed by atoms with Crippen LogP contribution in [0.4, 0.5) is 10.1 Å².